The fourth-order valence-corrected chi connectivity index (χ4v) is 3.40. The van der Waals surface area contributed by atoms with Gasteiger partial charge in [0.1, 0.15) is 18.1 Å². The van der Waals surface area contributed by atoms with Crippen molar-refractivity contribution < 1.29 is 18.9 Å². The average Bonchev–Trinajstić information content (AvgIpc) is 3.11. The molecule has 10 heteroatoms. The predicted octanol–water partition coefficient (Wildman–Crippen LogP) is 6.29. The lowest BCUT2D eigenvalue weighted by atomic mass is 10.2. The highest BCUT2D eigenvalue weighted by atomic mass is 35.5. The molecule has 3 aromatic rings. The Kier molecular flexibility index (Phi) is 6.32. The molecule has 1 amide bonds. The third kappa shape index (κ3) is 5.00. The zero-order chi connectivity index (χ0) is 21.1. The molecule has 0 aliphatic heterocycles. The number of aryl methyl sites for hydroxylation is 1. The molecule has 0 aliphatic rings. The molecule has 2 aromatic carbocycles. The van der Waals surface area contributed by atoms with E-state index in [2.05, 4.69) is 5.32 Å². The van der Waals surface area contributed by atoms with Gasteiger partial charge in [-0.1, -0.05) is 40.9 Å². The molecule has 0 radical (unpaired) electrons. The summed E-state index contributed by atoms with van der Waals surface area (Å²) in [5.74, 6) is -0.108. The minimum absolute atomic E-state index is 0.0354. The van der Waals surface area contributed by atoms with Crippen molar-refractivity contribution in [1.82, 2.24) is 0 Å². The van der Waals surface area contributed by atoms with Crippen LogP contribution in [0.2, 0.25) is 15.1 Å². The topological polar surface area (TPSA) is 94.6 Å². The van der Waals surface area contributed by atoms with E-state index in [1.165, 1.54) is 36.4 Å². The van der Waals surface area contributed by atoms with E-state index in [1.54, 1.807) is 13.0 Å². The highest BCUT2D eigenvalue weighted by molar-refractivity contribution is 6.40. The molecule has 150 valence electrons. The number of nitrogens with one attached hydrogen (secondary N) is 1. The third-order valence-electron chi connectivity index (χ3n) is 3.81. The van der Waals surface area contributed by atoms with Crippen molar-refractivity contribution in [3.63, 3.8) is 0 Å². The first-order valence-corrected chi connectivity index (χ1v) is 9.30. The van der Waals surface area contributed by atoms with E-state index < -0.39 is 10.8 Å². The Hall–Kier alpha value is -2.74. The number of benzene rings is 2. The maximum Gasteiger partial charge on any atom is 0.293 e. The first kappa shape index (κ1) is 21.0. The van der Waals surface area contributed by atoms with E-state index >= 15 is 0 Å². The van der Waals surface area contributed by atoms with Crippen LogP contribution in [0.3, 0.4) is 0 Å². The van der Waals surface area contributed by atoms with Gasteiger partial charge in [-0.25, -0.2) is 0 Å². The minimum Gasteiger partial charge on any atom is -0.483 e. The number of nitrogens with zero attached hydrogens (tertiary/aromatic N) is 1. The zero-order valence-corrected chi connectivity index (χ0v) is 17.1. The Bertz CT molecular complexity index is 1070. The summed E-state index contributed by atoms with van der Waals surface area (Å²) in [4.78, 5) is 23.0. The number of nitro groups is 1. The molecule has 7 nitrogen and oxygen atoms in total. The van der Waals surface area contributed by atoms with Crippen LogP contribution in [0.1, 0.15) is 21.9 Å². The maximum absolute atomic E-state index is 12.4. The summed E-state index contributed by atoms with van der Waals surface area (Å²) in [6.45, 7) is 1.68. The van der Waals surface area contributed by atoms with Crippen molar-refractivity contribution in [2.45, 2.75) is 13.5 Å². The molecular weight excluding hydrogens is 443 g/mol. The van der Waals surface area contributed by atoms with Crippen LogP contribution in [0, 0.1) is 17.0 Å². The van der Waals surface area contributed by atoms with E-state index in [9.17, 15) is 14.9 Å². The summed E-state index contributed by atoms with van der Waals surface area (Å²) in [5.41, 5.74) is 0.562. The average molecular weight is 456 g/mol. The number of nitro benzene ring substituents is 1. The Morgan fingerprint density at radius 2 is 1.83 bits per heavy atom. The molecular formula is C19H13Cl3N2O5. The molecule has 29 heavy (non-hydrogen) atoms. The van der Waals surface area contributed by atoms with E-state index in [-0.39, 0.29) is 39.5 Å². The lowest BCUT2D eigenvalue weighted by molar-refractivity contribution is -0.384. The van der Waals surface area contributed by atoms with Crippen LogP contribution in [-0.2, 0) is 6.61 Å². The molecule has 0 bridgehead atoms. The van der Waals surface area contributed by atoms with E-state index in [1.807, 2.05) is 0 Å². The Balaban J connectivity index is 1.71. The number of carbonyl (C=O) groups is 1. The molecule has 0 atom stereocenters. The number of hydrogen-bond donors (Lipinski definition) is 1. The molecule has 0 fully saturated rings. The van der Waals surface area contributed by atoms with Gasteiger partial charge in [0.15, 0.2) is 11.5 Å². The smallest absolute Gasteiger partial charge is 0.293 e. The molecule has 0 saturated heterocycles. The maximum atomic E-state index is 12.4. The van der Waals surface area contributed by atoms with Crippen molar-refractivity contribution in [3.05, 3.63) is 84.7 Å². The second-order valence-electron chi connectivity index (χ2n) is 5.99. The Morgan fingerprint density at radius 1 is 1.14 bits per heavy atom. The summed E-state index contributed by atoms with van der Waals surface area (Å²) in [6.07, 6.45) is 0. The highest BCUT2D eigenvalue weighted by Gasteiger charge is 2.19. The quantitative estimate of drug-likeness (QED) is 0.348. The van der Waals surface area contributed by atoms with E-state index in [0.29, 0.717) is 16.3 Å². The van der Waals surface area contributed by atoms with Crippen LogP contribution in [-0.4, -0.2) is 10.8 Å². The lowest BCUT2D eigenvalue weighted by Gasteiger charge is -2.09. The third-order valence-corrected chi connectivity index (χ3v) is 4.59. The fraction of sp³-hybridized carbons (Fsp3) is 0.105. The molecule has 3 rings (SSSR count). The molecule has 0 saturated carbocycles. The number of hydrogen-bond acceptors (Lipinski definition) is 5. The number of amides is 1. The van der Waals surface area contributed by atoms with Crippen LogP contribution in [0.5, 0.6) is 5.75 Å². The van der Waals surface area contributed by atoms with Gasteiger partial charge in [-0.3, -0.25) is 14.9 Å². The molecule has 1 N–H and O–H groups in total. The Labute approximate surface area is 180 Å². The van der Waals surface area contributed by atoms with Crippen molar-refractivity contribution in [2.75, 3.05) is 5.32 Å². The lowest BCUT2D eigenvalue weighted by Crippen LogP contribution is -2.12. The first-order valence-electron chi connectivity index (χ1n) is 8.17. The van der Waals surface area contributed by atoms with Crippen LogP contribution < -0.4 is 10.1 Å². The van der Waals surface area contributed by atoms with Gasteiger partial charge in [0.05, 0.1) is 15.0 Å². The Morgan fingerprint density at radius 3 is 2.48 bits per heavy atom. The molecule has 1 aromatic heterocycles. The van der Waals surface area contributed by atoms with Crippen molar-refractivity contribution in [2.24, 2.45) is 0 Å². The summed E-state index contributed by atoms with van der Waals surface area (Å²) >= 11 is 18.0. The van der Waals surface area contributed by atoms with E-state index in [0.717, 1.165) is 0 Å². The molecule has 1 heterocycles. The monoisotopic (exact) mass is 454 g/mol. The first-order chi connectivity index (χ1) is 13.7. The fourth-order valence-electron chi connectivity index (χ4n) is 2.47. The number of ether oxygens (including phenoxy) is 1. The van der Waals surface area contributed by atoms with Crippen molar-refractivity contribution >= 4 is 52.1 Å². The summed E-state index contributed by atoms with van der Waals surface area (Å²) in [7, 11) is 0. The highest BCUT2D eigenvalue weighted by Crippen LogP contribution is 2.36. The van der Waals surface area contributed by atoms with Gasteiger partial charge in [-0.15, -0.1) is 0 Å². The number of halogens is 3. The predicted molar refractivity (Wildman–Crippen MR) is 110 cm³/mol. The van der Waals surface area contributed by atoms with Crippen LogP contribution in [0.4, 0.5) is 11.4 Å². The SMILES string of the molecule is Cc1ccc(NC(=O)c2ccc(COc3c(Cl)cc(Cl)cc3Cl)o2)c([N+](=O)[O-])c1. The normalized spacial score (nSPS) is 10.6. The standard InChI is InChI=1S/C19H13Cl3N2O5/c1-10-2-4-15(16(6-10)24(26)27)23-19(25)17-5-3-12(29-17)9-28-18-13(21)7-11(20)8-14(18)22/h2-8H,9H2,1H3,(H,23,25). The van der Waals surface area contributed by atoms with Gasteiger partial charge in [0, 0.05) is 11.1 Å². The van der Waals surface area contributed by atoms with Crippen LogP contribution in [0.15, 0.2) is 46.9 Å². The number of furan rings is 1. The zero-order valence-electron chi connectivity index (χ0n) is 14.9. The van der Waals surface area contributed by atoms with E-state index in [4.69, 9.17) is 44.0 Å². The summed E-state index contributed by atoms with van der Waals surface area (Å²) < 4.78 is 11.0. The van der Waals surface area contributed by atoms with Gasteiger partial charge < -0.3 is 14.5 Å². The summed E-state index contributed by atoms with van der Waals surface area (Å²) in [5, 5.41) is 14.5. The van der Waals surface area contributed by atoms with Gasteiger partial charge in [0.25, 0.3) is 11.6 Å². The van der Waals surface area contributed by atoms with Gasteiger partial charge in [0.2, 0.25) is 0 Å². The number of rotatable bonds is 6. The van der Waals surface area contributed by atoms with Gasteiger partial charge >= 0.3 is 0 Å². The molecule has 0 aliphatic carbocycles. The number of carbonyl (C=O) groups excluding carboxylic acids is 1. The van der Waals surface area contributed by atoms with Crippen molar-refractivity contribution in [1.29, 1.82) is 0 Å². The molecule has 0 spiro atoms. The second kappa shape index (κ2) is 8.73. The van der Waals surface area contributed by atoms with Crippen LogP contribution >= 0.6 is 34.8 Å². The van der Waals surface area contributed by atoms with Gasteiger partial charge in [-0.05, 0) is 42.8 Å². The second-order valence-corrected chi connectivity index (χ2v) is 7.24. The van der Waals surface area contributed by atoms with Crippen molar-refractivity contribution in [3.8, 4) is 5.75 Å². The molecule has 0 unspecified atom stereocenters. The number of anilines is 1. The van der Waals surface area contributed by atoms with Crippen LogP contribution in [0.25, 0.3) is 0 Å². The largest absolute Gasteiger partial charge is 0.483 e. The summed E-state index contributed by atoms with van der Waals surface area (Å²) in [6, 6.07) is 10.4. The minimum atomic E-state index is -0.634. The van der Waals surface area contributed by atoms with Gasteiger partial charge in [-0.2, -0.15) is 0 Å².